The van der Waals surface area contributed by atoms with Gasteiger partial charge in [-0.05, 0) is 11.5 Å². The number of rotatable bonds is 7. The standard InChI is InChI=1S/C18H25N3O2/c1-5-13(3)17(14-10-8-7-9-11-14)18(22)21(4)12-16-19-15(6-2)20-23-16/h7-11,13,17H,5-6,12H2,1-4H3/t13-,17+/m1/s1. The molecule has 0 fully saturated rings. The molecule has 1 aromatic carbocycles. The molecular weight excluding hydrogens is 290 g/mol. The number of carbonyl (C=O) groups is 1. The summed E-state index contributed by atoms with van der Waals surface area (Å²) in [7, 11) is 1.79. The van der Waals surface area contributed by atoms with Gasteiger partial charge in [-0.2, -0.15) is 4.98 Å². The van der Waals surface area contributed by atoms with E-state index in [1.54, 1.807) is 11.9 Å². The summed E-state index contributed by atoms with van der Waals surface area (Å²) in [5.41, 5.74) is 1.05. The maximum atomic E-state index is 13.0. The van der Waals surface area contributed by atoms with E-state index in [4.69, 9.17) is 4.52 Å². The van der Waals surface area contributed by atoms with E-state index in [2.05, 4.69) is 24.0 Å². The number of carbonyl (C=O) groups excluding carboxylic acids is 1. The fourth-order valence-electron chi connectivity index (χ4n) is 2.63. The summed E-state index contributed by atoms with van der Waals surface area (Å²) in [4.78, 5) is 18.9. The van der Waals surface area contributed by atoms with Crippen LogP contribution in [-0.4, -0.2) is 28.0 Å². The van der Waals surface area contributed by atoms with Crippen LogP contribution in [0.3, 0.4) is 0 Å². The van der Waals surface area contributed by atoms with Crippen molar-refractivity contribution in [1.82, 2.24) is 15.0 Å². The molecule has 5 heteroatoms. The fraction of sp³-hybridized carbons (Fsp3) is 0.500. The van der Waals surface area contributed by atoms with Crippen LogP contribution in [0.4, 0.5) is 0 Å². The first-order valence-electron chi connectivity index (χ1n) is 8.18. The number of hydrogen-bond acceptors (Lipinski definition) is 4. The molecule has 0 spiro atoms. The third-order valence-electron chi connectivity index (χ3n) is 4.21. The van der Waals surface area contributed by atoms with E-state index in [-0.39, 0.29) is 17.7 Å². The van der Waals surface area contributed by atoms with Gasteiger partial charge < -0.3 is 9.42 Å². The van der Waals surface area contributed by atoms with Gasteiger partial charge in [0.1, 0.15) is 0 Å². The minimum atomic E-state index is -0.153. The summed E-state index contributed by atoms with van der Waals surface area (Å²) < 4.78 is 5.19. The Balaban J connectivity index is 2.16. The van der Waals surface area contributed by atoms with E-state index in [1.807, 2.05) is 37.3 Å². The zero-order valence-corrected chi connectivity index (χ0v) is 14.3. The van der Waals surface area contributed by atoms with Gasteiger partial charge in [-0.1, -0.05) is 62.7 Å². The second kappa shape index (κ2) is 7.90. The molecule has 2 atom stereocenters. The average Bonchev–Trinajstić information content (AvgIpc) is 3.03. The van der Waals surface area contributed by atoms with E-state index in [0.717, 1.165) is 18.4 Å². The number of amides is 1. The molecule has 23 heavy (non-hydrogen) atoms. The molecule has 124 valence electrons. The number of nitrogens with zero attached hydrogens (tertiary/aromatic N) is 3. The molecule has 0 saturated carbocycles. The average molecular weight is 315 g/mol. The predicted octanol–water partition coefficient (Wildman–Crippen LogP) is 3.42. The molecule has 1 aromatic heterocycles. The number of likely N-dealkylation sites (N-methyl/N-ethyl adjacent to an activating group) is 1. The van der Waals surface area contributed by atoms with Crippen LogP contribution in [0.15, 0.2) is 34.9 Å². The third kappa shape index (κ3) is 4.18. The number of hydrogen-bond donors (Lipinski definition) is 0. The smallest absolute Gasteiger partial charge is 0.246 e. The van der Waals surface area contributed by atoms with Crippen molar-refractivity contribution in [2.75, 3.05) is 7.05 Å². The Labute approximate surface area is 137 Å². The van der Waals surface area contributed by atoms with Gasteiger partial charge >= 0.3 is 0 Å². The first-order chi connectivity index (χ1) is 11.1. The second-order valence-electron chi connectivity index (χ2n) is 5.93. The molecule has 0 aliphatic carbocycles. The van der Waals surface area contributed by atoms with Crippen molar-refractivity contribution >= 4 is 5.91 Å². The first-order valence-corrected chi connectivity index (χ1v) is 8.18. The monoisotopic (exact) mass is 315 g/mol. The quantitative estimate of drug-likeness (QED) is 0.785. The molecule has 0 unspecified atom stereocenters. The molecular formula is C18H25N3O2. The van der Waals surface area contributed by atoms with Gasteiger partial charge in [0.15, 0.2) is 5.82 Å². The van der Waals surface area contributed by atoms with Crippen molar-refractivity contribution in [2.24, 2.45) is 5.92 Å². The zero-order chi connectivity index (χ0) is 16.8. The van der Waals surface area contributed by atoms with Gasteiger partial charge in [-0.15, -0.1) is 0 Å². The Morgan fingerprint density at radius 1 is 1.26 bits per heavy atom. The van der Waals surface area contributed by atoms with Gasteiger partial charge in [0.25, 0.3) is 0 Å². The topological polar surface area (TPSA) is 59.2 Å². The van der Waals surface area contributed by atoms with Crippen LogP contribution >= 0.6 is 0 Å². The number of aromatic nitrogens is 2. The van der Waals surface area contributed by atoms with Gasteiger partial charge in [0.05, 0.1) is 12.5 Å². The predicted molar refractivity (Wildman–Crippen MR) is 88.8 cm³/mol. The van der Waals surface area contributed by atoms with Crippen LogP contribution < -0.4 is 0 Å². The highest BCUT2D eigenvalue weighted by Crippen LogP contribution is 2.29. The Morgan fingerprint density at radius 2 is 1.96 bits per heavy atom. The summed E-state index contributed by atoms with van der Waals surface area (Å²) in [6.07, 6.45) is 1.67. The van der Waals surface area contributed by atoms with Crippen molar-refractivity contribution in [1.29, 1.82) is 0 Å². The molecule has 0 radical (unpaired) electrons. The Kier molecular flexibility index (Phi) is 5.90. The van der Waals surface area contributed by atoms with Gasteiger partial charge in [0.2, 0.25) is 11.8 Å². The molecule has 1 heterocycles. The van der Waals surface area contributed by atoms with E-state index < -0.39 is 0 Å². The molecule has 2 aromatic rings. The lowest BCUT2D eigenvalue weighted by Crippen LogP contribution is -2.34. The summed E-state index contributed by atoms with van der Waals surface area (Å²) >= 11 is 0. The van der Waals surface area contributed by atoms with E-state index in [0.29, 0.717) is 18.3 Å². The van der Waals surface area contributed by atoms with E-state index >= 15 is 0 Å². The Bertz CT molecular complexity index is 624. The molecule has 0 aliphatic rings. The Hall–Kier alpha value is -2.17. The molecule has 2 rings (SSSR count). The maximum absolute atomic E-state index is 13.0. The van der Waals surface area contributed by atoms with E-state index in [9.17, 15) is 4.79 Å². The van der Waals surface area contributed by atoms with Crippen LogP contribution in [0, 0.1) is 5.92 Å². The van der Waals surface area contributed by atoms with Crippen LogP contribution in [0.1, 0.15) is 50.4 Å². The van der Waals surface area contributed by atoms with Crippen LogP contribution in [0.2, 0.25) is 0 Å². The van der Waals surface area contributed by atoms with Gasteiger partial charge in [-0.25, -0.2) is 0 Å². The summed E-state index contributed by atoms with van der Waals surface area (Å²) in [5, 5.41) is 3.88. The number of benzene rings is 1. The lowest BCUT2D eigenvalue weighted by molar-refractivity contribution is -0.133. The second-order valence-corrected chi connectivity index (χ2v) is 5.93. The van der Waals surface area contributed by atoms with Gasteiger partial charge in [0, 0.05) is 13.5 Å². The zero-order valence-electron chi connectivity index (χ0n) is 14.3. The van der Waals surface area contributed by atoms with Crippen molar-refractivity contribution in [3.05, 3.63) is 47.6 Å². The van der Waals surface area contributed by atoms with Crippen LogP contribution in [0.25, 0.3) is 0 Å². The highest BCUT2D eigenvalue weighted by molar-refractivity contribution is 5.83. The highest BCUT2D eigenvalue weighted by Gasteiger charge is 2.29. The lowest BCUT2D eigenvalue weighted by Gasteiger charge is -2.27. The Morgan fingerprint density at radius 3 is 2.52 bits per heavy atom. The van der Waals surface area contributed by atoms with Crippen molar-refractivity contribution < 1.29 is 9.32 Å². The SMILES string of the molecule is CCc1noc(CN(C)C(=O)[C@H](c2ccccc2)[C@H](C)CC)n1. The fourth-order valence-corrected chi connectivity index (χ4v) is 2.63. The summed E-state index contributed by atoms with van der Waals surface area (Å²) in [5.74, 6) is 1.35. The third-order valence-corrected chi connectivity index (χ3v) is 4.21. The molecule has 0 bridgehead atoms. The van der Waals surface area contributed by atoms with Crippen molar-refractivity contribution in [3.63, 3.8) is 0 Å². The molecule has 0 N–H and O–H groups in total. The van der Waals surface area contributed by atoms with Crippen molar-refractivity contribution in [2.45, 2.75) is 46.1 Å². The first kappa shape index (κ1) is 17.2. The molecule has 1 amide bonds. The molecule has 0 aliphatic heterocycles. The van der Waals surface area contributed by atoms with Crippen LogP contribution in [-0.2, 0) is 17.8 Å². The van der Waals surface area contributed by atoms with E-state index in [1.165, 1.54) is 0 Å². The minimum absolute atomic E-state index is 0.0850. The highest BCUT2D eigenvalue weighted by atomic mass is 16.5. The van der Waals surface area contributed by atoms with Crippen LogP contribution in [0.5, 0.6) is 0 Å². The maximum Gasteiger partial charge on any atom is 0.246 e. The number of aryl methyl sites for hydroxylation is 1. The molecule has 5 nitrogen and oxygen atoms in total. The lowest BCUT2D eigenvalue weighted by atomic mass is 9.84. The molecule has 0 saturated heterocycles. The van der Waals surface area contributed by atoms with Crippen molar-refractivity contribution in [3.8, 4) is 0 Å². The minimum Gasteiger partial charge on any atom is -0.337 e. The van der Waals surface area contributed by atoms with Gasteiger partial charge in [-0.3, -0.25) is 4.79 Å². The largest absolute Gasteiger partial charge is 0.337 e. The summed E-state index contributed by atoms with van der Waals surface area (Å²) in [6, 6.07) is 9.96. The normalized spacial score (nSPS) is 13.6. The summed E-state index contributed by atoms with van der Waals surface area (Å²) in [6.45, 7) is 6.54.